The van der Waals surface area contributed by atoms with E-state index in [1.807, 2.05) is 6.92 Å². The van der Waals surface area contributed by atoms with Crippen LogP contribution in [0.3, 0.4) is 0 Å². The molecule has 132 valence electrons. The molecular weight excluding hydrogens is 316 g/mol. The zero-order valence-electron chi connectivity index (χ0n) is 13.3. The topological polar surface area (TPSA) is 35.5 Å². The van der Waals surface area contributed by atoms with Crippen molar-refractivity contribution in [1.82, 2.24) is 0 Å². The van der Waals surface area contributed by atoms with Gasteiger partial charge in [-0.1, -0.05) is 13.8 Å². The number of fused-ring (bicyclic) bond motifs is 3. The summed E-state index contributed by atoms with van der Waals surface area (Å²) in [5.41, 5.74) is -0.579. The summed E-state index contributed by atoms with van der Waals surface area (Å²) in [6.07, 6.45) is 3.31. The number of halogens is 4. The number of hydrogen-bond acceptors (Lipinski definition) is 3. The van der Waals surface area contributed by atoms with E-state index in [1.54, 1.807) is 6.92 Å². The second kappa shape index (κ2) is 5.15. The molecule has 3 aliphatic rings. The maximum absolute atomic E-state index is 13.6. The normalized spacial score (nSPS) is 44.5. The van der Waals surface area contributed by atoms with Gasteiger partial charge in [-0.2, -0.15) is 17.6 Å². The number of ether oxygens (including phenoxy) is 2. The van der Waals surface area contributed by atoms with E-state index in [1.165, 1.54) is 0 Å². The fourth-order valence-corrected chi connectivity index (χ4v) is 4.70. The zero-order chi connectivity index (χ0) is 17.1. The molecule has 7 heteroatoms. The molecule has 4 atom stereocenters. The molecule has 0 aromatic heterocycles. The maximum atomic E-state index is 13.6. The van der Waals surface area contributed by atoms with E-state index < -0.39 is 36.3 Å². The second-order valence-electron chi connectivity index (χ2n) is 7.82. The van der Waals surface area contributed by atoms with Crippen LogP contribution >= 0.6 is 0 Å². The lowest BCUT2D eigenvalue weighted by Crippen LogP contribution is -2.57. The molecule has 2 bridgehead atoms. The van der Waals surface area contributed by atoms with E-state index >= 15 is 0 Å². The lowest BCUT2D eigenvalue weighted by molar-refractivity contribution is -0.317. The molecule has 0 N–H and O–H groups in total. The van der Waals surface area contributed by atoms with Crippen LogP contribution < -0.4 is 0 Å². The molecule has 0 radical (unpaired) electrons. The van der Waals surface area contributed by atoms with Crippen molar-refractivity contribution >= 4 is 6.29 Å². The highest BCUT2D eigenvalue weighted by molar-refractivity contribution is 5.59. The molecule has 2 saturated carbocycles. The van der Waals surface area contributed by atoms with Gasteiger partial charge < -0.3 is 14.3 Å². The van der Waals surface area contributed by atoms with Crippen molar-refractivity contribution in [1.29, 1.82) is 0 Å². The van der Waals surface area contributed by atoms with Crippen molar-refractivity contribution < 1.29 is 31.8 Å². The van der Waals surface area contributed by atoms with Gasteiger partial charge in [0.05, 0.1) is 0 Å². The molecule has 4 unspecified atom stereocenters. The maximum Gasteiger partial charge on any atom is 0.335 e. The molecule has 1 spiro atoms. The third-order valence-electron chi connectivity index (χ3n) is 5.81. The van der Waals surface area contributed by atoms with Crippen molar-refractivity contribution in [3.05, 3.63) is 0 Å². The highest BCUT2D eigenvalue weighted by atomic mass is 19.3. The highest BCUT2D eigenvalue weighted by Crippen LogP contribution is 2.57. The molecule has 0 aromatic rings. The Hall–Kier alpha value is -0.690. The number of rotatable bonds is 1. The first kappa shape index (κ1) is 17.1. The Balaban J connectivity index is 1.92. The Morgan fingerprint density at radius 2 is 1.57 bits per heavy atom. The van der Waals surface area contributed by atoms with Crippen molar-refractivity contribution in [2.75, 3.05) is 13.2 Å². The standard InChI is InChI=1S/C16H22F4O3/c1-10-3-11-4-12(6-13(2,5-11)7-21)16(10)22-8-14(17,18)15(19,20)9-23-16/h7,10-12H,3-6,8-9H2,1-2H3. The van der Waals surface area contributed by atoms with Crippen molar-refractivity contribution in [2.24, 2.45) is 23.2 Å². The smallest absolute Gasteiger partial charge is 0.335 e. The molecule has 0 aromatic carbocycles. The predicted molar refractivity (Wildman–Crippen MR) is 73.3 cm³/mol. The summed E-state index contributed by atoms with van der Waals surface area (Å²) in [5, 5.41) is 0. The largest absolute Gasteiger partial charge is 0.343 e. The lowest BCUT2D eigenvalue weighted by Gasteiger charge is -2.54. The SMILES string of the molecule is CC1CC2CC(CC(C)(C=O)C2)C12OCC(F)(F)C(F)(F)CO2. The van der Waals surface area contributed by atoms with Crippen LogP contribution in [0, 0.1) is 23.2 Å². The van der Waals surface area contributed by atoms with Crippen LogP contribution in [-0.4, -0.2) is 37.1 Å². The van der Waals surface area contributed by atoms with Gasteiger partial charge in [0.15, 0.2) is 5.79 Å². The van der Waals surface area contributed by atoms with E-state index in [2.05, 4.69) is 0 Å². The average molecular weight is 338 g/mol. The van der Waals surface area contributed by atoms with Gasteiger partial charge in [-0.3, -0.25) is 0 Å². The van der Waals surface area contributed by atoms with E-state index in [9.17, 15) is 22.4 Å². The number of hydrogen-bond donors (Lipinski definition) is 0. The number of alkyl halides is 4. The Bertz CT molecular complexity index is 476. The van der Waals surface area contributed by atoms with Crippen LogP contribution in [0.2, 0.25) is 0 Å². The minimum Gasteiger partial charge on any atom is -0.343 e. The first-order valence-electron chi connectivity index (χ1n) is 8.03. The van der Waals surface area contributed by atoms with Gasteiger partial charge >= 0.3 is 11.8 Å². The molecule has 3 nitrogen and oxygen atoms in total. The summed E-state index contributed by atoms with van der Waals surface area (Å²) in [6.45, 7) is 0.902. The second-order valence-corrected chi connectivity index (χ2v) is 7.82. The minimum atomic E-state index is -4.25. The Morgan fingerprint density at radius 1 is 1.00 bits per heavy atom. The van der Waals surface area contributed by atoms with Gasteiger partial charge in [-0.25, -0.2) is 0 Å². The van der Waals surface area contributed by atoms with Crippen LogP contribution in [-0.2, 0) is 14.3 Å². The van der Waals surface area contributed by atoms with E-state index in [0.29, 0.717) is 19.3 Å². The monoisotopic (exact) mass is 338 g/mol. The van der Waals surface area contributed by atoms with Gasteiger partial charge in [-0.05, 0) is 31.6 Å². The lowest BCUT2D eigenvalue weighted by atomic mass is 9.57. The highest BCUT2D eigenvalue weighted by Gasteiger charge is 2.65. The summed E-state index contributed by atoms with van der Waals surface area (Å²) in [4.78, 5) is 11.4. The number of carbonyl (C=O) groups excluding carboxylic acids is 1. The first-order chi connectivity index (χ1) is 10.5. The summed E-state index contributed by atoms with van der Waals surface area (Å²) in [7, 11) is 0. The first-order valence-corrected chi connectivity index (χ1v) is 8.03. The van der Waals surface area contributed by atoms with Crippen LogP contribution in [0.25, 0.3) is 0 Å². The zero-order valence-corrected chi connectivity index (χ0v) is 13.3. The van der Waals surface area contributed by atoms with Crippen LogP contribution in [0.15, 0.2) is 0 Å². The third-order valence-corrected chi connectivity index (χ3v) is 5.81. The molecular formula is C16H22F4O3. The van der Waals surface area contributed by atoms with Crippen molar-refractivity contribution in [3.8, 4) is 0 Å². The van der Waals surface area contributed by atoms with Gasteiger partial charge in [0.25, 0.3) is 0 Å². The Morgan fingerprint density at radius 3 is 2.09 bits per heavy atom. The Labute approximate surface area is 132 Å². The van der Waals surface area contributed by atoms with Crippen molar-refractivity contribution in [3.63, 3.8) is 0 Å². The molecule has 2 aliphatic carbocycles. The molecule has 1 aliphatic heterocycles. The molecule has 3 fully saturated rings. The van der Waals surface area contributed by atoms with Gasteiger partial charge in [0.1, 0.15) is 19.5 Å². The van der Waals surface area contributed by atoms with Crippen LogP contribution in [0.4, 0.5) is 17.6 Å². The average Bonchev–Trinajstić information content (AvgIpc) is 2.54. The molecule has 23 heavy (non-hydrogen) atoms. The van der Waals surface area contributed by atoms with E-state index in [-0.39, 0.29) is 17.8 Å². The van der Waals surface area contributed by atoms with Crippen LogP contribution in [0.1, 0.15) is 39.5 Å². The summed E-state index contributed by atoms with van der Waals surface area (Å²) in [6, 6.07) is 0. The summed E-state index contributed by atoms with van der Waals surface area (Å²) in [5.74, 6) is -10.3. The summed E-state index contributed by atoms with van der Waals surface area (Å²) < 4.78 is 65.2. The number of aldehydes is 1. The van der Waals surface area contributed by atoms with E-state index in [0.717, 1.165) is 12.7 Å². The van der Waals surface area contributed by atoms with Gasteiger partial charge in [-0.15, -0.1) is 0 Å². The fraction of sp³-hybridized carbons (Fsp3) is 0.938. The quantitative estimate of drug-likeness (QED) is 0.541. The van der Waals surface area contributed by atoms with E-state index in [4.69, 9.17) is 9.47 Å². The molecule has 0 amide bonds. The third kappa shape index (κ3) is 2.60. The van der Waals surface area contributed by atoms with Crippen LogP contribution in [0.5, 0.6) is 0 Å². The molecule has 3 rings (SSSR count). The van der Waals surface area contributed by atoms with Gasteiger partial charge in [0.2, 0.25) is 0 Å². The predicted octanol–water partition coefficient (Wildman–Crippen LogP) is 3.66. The summed E-state index contributed by atoms with van der Waals surface area (Å²) >= 11 is 0. The number of carbonyl (C=O) groups is 1. The minimum absolute atomic E-state index is 0.265. The van der Waals surface area contributed by atoms with Gasteiger partial charge in [0, 0.05) is 17.3 Å². The fourth-order valence-electron chi connectivity index (χ4n) is 4.70. The Kier molecular flexibility index (Phi) is 3.84. The van der Waals surface area contributed by atoms with Crippen molar-refractivity contribution in [2.45, 2.75) is 57.2 Å². The molecule has 1 heterocycles. The molecule has 1 saturated heterocycles.